The van der Waals surface area contributed by atoms with E-state index < -0.39 is 0 Å². The van der Waals surface area contributed by atoms with Crippen molar-refractivity contribution < 1.29 is 0 Å². The van der Waals surface area contributed by atoms with Gasteiger partial charge in [-0.1, -0.05) is 20.3 Å². The summed E-state index contributed by atoms with van der Waals surface area (Å²) in [4.78, 5) is 2.62. The molecule has 96 valence electrons. The summed E-state index contributed by atoms with van der Waals surface area (Å²) in [6.07, 6.45) is 5.39. The van der Waals surface area contributed by atoms with E-state index in [2.05, 4.69) is 37.9 Å². The zero-order valence-electron chi connectivity index (χ0n) is 11.7. The summed E-state index contributed by atoms with van der Waals surface area (Å²) in [5, 5.41) is 3.64. The molecule has 0 aromatic heterocycles. The van der Waals surface area contributed by atoms with Crippen LogP contribution in [0.2, 0.25) is 0 Å². The average Bonchev–Trinajstić information content (AvgIpc) is 2.66. The second-order valence-corrected chi connectivity index (χ2v) is 5.91. The lowest BCUT2D eigenvalue weighted by Gasteiger charge is -2.26. The third kappa shape index (κ3) is 4.84. The van der Waals surface area contributed by atoms with E-state index in [0.717, 1.165) is 12.5 Å². The number of likely N-dealkylation sites (tertiary alicyclic amines) is 1. The van der Waals surface area contributed by atoms with E-state index in [9.17, 15) is 0 Å². The van der Waals surface area contributed by atoms with Gasteiger partial charge < -0.3 is 10.2 Å². The van der Waals surface area contributed by atoms with E-state index in [0.29, 0.717) is 5.54 Å². The first-order valence-electron chi connectivity index (χ1n) is 7.04. The van der Waals surface area contributed by atoms with Crippen LogP contribution in [0.25, 0.3) is 0 Å². The Morgan fingerprint density at radius 3 is 2.69 bits per heavy atom. The third-order valence-electron chi connectivity index (χ3n) is 3.98. The Kier molecular flexibility index (Phi) is 5.77. The van der Waals surface area contributed by atoms with Crippen LogP contribution in [0.1, 0.15) is 53.4 Å². The normalized spacial score (nSPS) is 22.9. The molecule has 1 heterocycles. The van der Waals surface area contributed by atoms with Gasteiger partial charge >= 0.3 is 0 Å². The number of nitrogens with zero attached hydrogens (tertiary/aromatic N) is 1. The SMILES string of the molecule is CCCC1CCN(CCNC(C)(C)CC)C1. The first-order chi connectivity index (χ1) is 7.57. The van der Waals surface area contributed by atoms with Gasteiger partial charge in [-0.25, -0.2) is 0 Å². The van der Waals surface area contributed by atoms with Gasteiger partial charge in [0.25, 0.3) is 0 Å². The number of hydrogen-bond acceptors (Lipinski definition) is 2. The summed E-state index contributed by atoms with van der Waals surface area (Å²) in [5.41, 5.74) is 0.308. The molecule has 2 nitrogen and oxygen atoms in total. The van der Waals surface area contributed by atoms with Gasteiger partial charge in [-0.3, -0.25) is 0 Å². The fourth-order valence-electron chi connectivity index (χ4n) is 2.44. The maximum atomic E-state index is 3.64. The third-order valence-corrected chi connectivity index (χ3v) is 3.98. The molecule has 1 fully saturated rings. The summed E-state index contributed by atoms with van der Waals surface area (Å²) in [6.45, 7) is 14.1. The molecule has 16 heavy (non-hydrogen) atoms. The molecule has 0 bridgehead atoms. The average molecular weight is 226 g/mol. The molecule has 0 amide bonds. The predicted molar refractivity (Wildman–Crippen MR) is 71.8 cm³/mol. The Balaban J connectivity index is 2.11. The summed E-state index contributed by atoms with van der Waals surface area (Å²) in [5.74, 6) is 0.976. The van der Waals surface area contributed by atoms with Crippen molar-refractivity contribution in [1.82, 2.24) is 10.2 Å². The highest BCUT2D eigenvalue weighted by Gasteiger charge is 2.21. The first kappa shape index (κ1) is 14.0. The zero-order valence-corrected chi connectivity index (χ0v) is 11.7. The molecule has 1 unspecified atom stereocenters. The standard InChI is InChI=1S/C14H30N2/c1-5-7-13-8-10-16(12-13)11-9-15-14(3,4)6-2/h13,15H,5-12H2,1-4H3. The minimum absolute atomic E-state index is 0.308. The van der Waals surface area contributed by atoms with E-state index in [1.165, 1.54) is 45.3 Å². The Hall–Kier alpha value is -0.0800. The molecule has 0 radical (unpaired) electrons. The summed E-state index contributed by atoms with van der Waals surface area (Å²) < 4.78 is 0. The van der Waals surface area contributed by atoms with E-state index >= 15 is 0 Å². The Morgan fingerprint density at radius 2 is 2.06 bits per heavy atom. The van der Waals surface area contributed by atoms with Gasteiger partial charge in [0.15, 0.2) is 0 Å². The van der Waals surface area contributed by atoms with Crippen molar-refractivity contribution >= 4 is 0 Å². The van der Waals surface area contributed by atoms with Gasteiger partial charge in [-0.2, -0.15) is 0 Å². The molecule has 1 aliphatic heterocycles. The number of rotatable bonds is 7. The molecular weight excluding hydrogens is 196 g/mol. The fraction of sp³-hybridized carbons (Fsp3) is 1.00. The second kappa shape index (κ2) is 6.61. The van der Waals surface area contributed by atoms with Crippen LogP contribution in [0.4, 0.5) is 0 Å². The molecule has 1 saturated heterocycles. The predicted octanol–water partition coefficient (Wildman–Crippen LogP) is 2.89. The molecular formula is C14H30N2. The number of hydrogen-bond donors (Lipinski definition) is 1. The van der Waals surface area contributed by atoms with Gasteiger partial charge in [0, 0.05) is 25.2 Å². The van der Waals surface area contributed by atoms with E-state index in [4.69, 9.17) is 0 Å². The van der Waals surface area contributed by atoms with Gasteiger partial charge in [-0.05, 0) is 45.6 Å². The highest BCUT2D eigenvalue weighted by molar-refractivity contribution is 4.79. The molecule has 0 saturated carbocycles. The topological polar surface area (TPSA) is 15.3 Å². The van der Waals surface area contributed by atoms with Crippen molar-refractivity contribution in [2.24, 2.45) is 5.92 Å². The fourth-order valence-corrected chi connectivity index (χ4v) is 2.44. The van der Waals surface area contributed by atoms with Crippen LogP contribution >= 0.6 is 0 Å². The first-order valence-corrected chi connectivity index (χ1v) is 7.04. The van der Waals surface area contributed by atoms with Gasteiger partial charge in [0.05, 0.1) is 0 Å². The van der Waals surface area contributed by atoms with Crippen LogP contribution in [-0.2, 0) is 0 Å². The lowest BCUT2D eigenvalue weighted by atomic mass is 10.0. The van der Waals surface area contributed by atoms with Crippen LogP contribution in [0, 0.1) is 5.92 Å². The van der Waals surface area contributed by atoms with E-state index in [-0.39, 0.29) is 0 Å². The second-order valence-electron chi connectivity index (χ2n) is 5.91. The van der Waals surface area contributed by atoms with Crippen LogP contribution in [0.5, 0.6) is 0 Å². The molecule has 1 N–H and O–H groups in total. The van der Waals surface area contributed by atoms with Crippen molar-refractivity contribution in [3.8, 4) is 0 Å². The van der Waals surface area contributed by atoms with Crippen molar-refractivity contribution in [2.75, 3.05) is 26.2 Å². The molecule has 1 aliphatic rings. The van der Waals surface area contributed by atoms with Crippen LogP contribution in [-0.4, -0.2) is 36.6 Å². The molecule has 1 rings (SSSR count). The summed E-state index contributed by atoms with van der Waals surface area (Å²) >= 11 is 0. The molecule has 1 atom stereocenters. The molecule has 2 heteroatoms. The van der Waals surface area contributed by atoms with Gasteiger partial charge in [0.1, 0.15) is 0 Å². The highest BCUT2D eigenvalue weighted by atomic mass is 15.2. The van der Waals surface area contributed by atoms with Crippen LogP contribution in [0.15, 0.2) is 0 Å². The van der Waals surface area contributed by atoms with E-state index in [1.807, 2.05) is 0 Å². The Labute approximate surface area is 102 Å². The van der Waals surface area contributed by atoms with Gasteiger partial charge in [-0.15, -0.1) is 0 Å². The van der Waals surface area contributed by atoms with Crippen molar-refractivity contribution in [3.05, 3.63) is 0 Å². The smallest absolute Gasteiger partial charge is 0.0123 e. The molecule has 0 aliphatic carbocycles. The molecule has 0 aromatic rings. The van der Waals surface area contributed by atoms with Crippen LogP contribution in [0.3, 0.4) is 0 Å². The number of nitrogens with one attached hydrogen (secondary N) is 1. The van der Waals surface area contributed by atoms with E-state index in [1.54, 1.807) is 0 Å². The van der Waals surface area contributed by atoms with Crippen molar-refractivity contribution in [2.45, 2.75) is 58.9 Å². The summed E-state index contributed by atoms with van der Waals surface area (Å²) in [7, 11) is 0. The van der Waals surface area contributed by atoms with Crippen molar-refractivity contribution in [3.63, 3.8) is 0 Å². The highest BCUT2D eigenvalue weighted by Crippen LogP contribution is 2.20. The van der Waals surface area contributed by atoms with Crippen molar-refractivity contribution in [1.29, 1.82) is 0 Å². The lowest BCUT2D eigenvalue weighted by Crippen LogP contribution is -2.42. The quantitative estimate of drug-likeness (QED) is 0.718. The molecule has 0 aromatic carbocycles. The summed E-state index contributed by atoms with van der Waals surface area (Å²) in [6, 6.07) is 0. The Morgan fingerprint density at radius 1 is 1.31 bits per heavy atom. The maximum Gasteiger partial charge on any atom is 0.0123 e. The Bertz CT molecular complexity index is 189. The molecule has 0 spiro atoms. The maximum absolute atomic E-state index is 3.64. The lowest BCUT2D eigenvalue weighted by molar-refractivity contribution is 0.290. The monoisotopic (exact) mass is 226 g/mol. The van der Waals surface area contributed by atoms with Crippen LogP contribution < -0.4 is 5.32 Å². The van der Waals surface area contributed by atoms with Gasteiger partial charge in [0.2, 0.25) is 0 Å². The zero-order chi connectivity index (χ0) is 12.0. The minimum Gasteiger partial charge on any atom is -0.311 e. The largest absolute Gasteiger partial charge is 0.311 e. The minimum atomic E-state index is 0.308.